The third kappa shape index (κ3) is 6.08. The first-order valence-corrected chi connectivity index (χ1v) is 2.90. The van der Waals surface area contributed by atoms with E-state index in [1.165, 1.54) is 10.9 Å². The molecule has 0 aromatic rings. The highest BCUT2D eigenvalue weighted by molar-refractivity contribution is 5.80. The molecule has 12 heteroatoms. The Kier molecular flexibility index (Phi) is 4.11. The summed E-state index contributed by atoms with van der Waals surface area (Å²) in [5, 5.41) is 23.5. The van der Waals surface area contributed by atoms with Crippen LogP contribution in [0, 0.1) is 20.2 Å². The van der Waals surface area contributed by atoms with Gasteiger partial charge in [-0.05, 0) is 0 Å². The number of hydrogen-bond donors (Lipinski definition) is 4. The molecule has 0 saturated heterocycles. The van der Waals surface area contributed by atoms with Crippen LogP contribution in [0.25, 0.3) is 0 Å². The van der Waals surface area contributed by atoms with Crippen LogP contribution in [-0.2, 0) is 0 Å². The smallest absolute Gasteiger partial charge is 0.275 e. The van der Waals surface area contributed by atoms with Crippen molar-refractivity contribution in [2.75, 3.05) is 0 Å². The largest absolute Gasteiger partial charge is 0.364 e. The van der Waals surface area contributed by atoms with E-state index in [2.05, 4.69) is 10.2 Å². The lowest BCUT2D eigenvalue weighted by molar-refractivity contribution is -0.525. The van der Waals surface area contributed by atoms with Crippen LogP contribution in [0.15, 0.2) is 10.2 Å². The molecule has 0 heterocycles. The van der Waals surface area contributed by atoms with E-state index >= 15 is 0 Å². The zero-order chi connectivity index (χ0) is 11.1. The van der Waals surface area contributed by atoms with E-state index in [9.17, 15) is 20.2 Å². The molecule has 0 atom stereocenters. The molecule has 12 nitrogen and oxygen atoms in total. The summed E-state index contributed by atoms with van der Waals surface area (Å²) < 4.78 is 0. The van der Waals surface area contributed by atoms with Crippen LogP contribution in [-0.4, -0.2) is 22.0 Å². The van der Waals surface area contributed by atoms with Gasteiger partial charge in [0.15, 0.2) is 10.1 Å². The summed E-state index contributed by atoms with van der Waals surface area (Å²) in [5.41, 5.74) is 12.7. The van der Waals surface area contributed by atoms with E-state index in [1.807, 2.05) is 0 Å². The number of hydrazine groups is 2. The second kappa shape index (κ2) is 5.07. The average Bonchev–Trinajstić information content (AvgIpc) is 1.98. The first-order valence-electron chi connectivity index (χ1n) is 2.90. The van der Waals surface area contributed by atoms with Crippen molar-refractivity contribution in [2.45, 2.75) is 0 Å². The highest BCUT2D eigenvalue weighted by Gasteiger charge is 2.00. The second-order valence-electron chi connectivity index (χ2n) is 1.71. The van der Waals surface area contributed by atoms with Crippen molar-refractivity contribution >= 4 is 11.9 Å². The average molecular weight is 206 g/mol. The van der Waals surface area contributed by atoms with Crippen LogP contribution < -0.4 is 22.3 Å². The van der Waals surface area contributed by atoms with Crippen LogP contribution >= 0.6 is 0 Å². The number of nitro groups is 2. The number of guanidine groups is 2. The highest BCUT2D eigenvalue weighted by atomic mass is 16.7. The van der Waals surface area contributed by atoms with E-state index in [4.69, 9.17) is 11.5 Å². The Hall–Kier alpha value is -2.66. The van der Waals surface area contributed by atoms with Gasteiger partial charge >= 0.3 is 0 Å². The standard InChI is InChI=1S/C2H6N8O4/c3-1(7-9(11)12)5-6-2(4)8-10(13)14/h(H3,3,5,7)(H3,4,6,8). The van der Waals surface area contributed by atoms with Crippen molar-refractivity contribution in [1.29, 1.82) is 0 Å². The Labute approximate surface area is 75.9 Å². The Morgan fingerprint density at radius 3 is 1.50 bits per heavy atom. The van der Waals surface area contributed by atoms with E-state index in [0.717, 1.165) is 0 Å². The number of rotatable bonds is 3. The van der Waals surface area contributed by atoms with Gasteiger partial charge in [0.1, 0.15) is 0 Å². The summed E-state index contributed by atoms with van der Waals surface area (Å²) in [7, 11) is 0. The molecule has 0 rings (SSSR count). The van der Waals surface area contributed by atoms with E-state index in [1.54, 1.807) is 0 Å². The first kappa shape index (κ1) is 11.3. The predicted octanol–water partition coefficient (Wildman–Crippen LogP) is -2.91. The monoisotopic (exact) mass is 206 g/mol. The minimum atomic E-state index is -0.981. The third-order valence-corrected chi connectivity index (χ3v) is 0.677. The van der Waals surface area contributed by atoms with Gasteiger partial charge in [-0.25, -0.2) is 20.2 Å². The first-order chi connectivity index (χ1) is 6.41. The molecule has 14 heavy (non-hydrogen) atoms. The Bertz CT molecular complexity index is 264. The van der Waals surface area contributed by atoms with Crippen molar-refractivity contribution in [3.05, 3.63) is 20.2 Å². The van der Waals surface area contributed by atoms with Crippen molar-refractivity contribution in [1.82, 2.24) is 10.9 Å². The van der Waals surface area contributed by atoms with Gasteiger partial charge < -0.3 is 11.5 Å². The molecular weight excluding hydrogens is 200 g/mol. The fourth-order valence-electron chi connectivity index (χ4n) is 0.340. The van der Waals surface area contributed by atoms with Crippen molar-refractivity contribution in [3.8, 4) is 0 Å². The molecule has 0 amide bonds. The SMILES string of the molecule is N/C(=N\N=C(/N)N[N+](=O)[O-])N[N+](=O)[O-]. The predicted molar refractivity (Wildman–Crippen MR) is 43.5 cm³/mol. The molecule has 0 aliphatic heterocycles. The van der Waals surface area contributed by atoms with Crippen molar-refractivity contribution < 1.29 is 10.1 Å². The van der Waals surface area contributed by atoms with Gasteiger partial charge in [0, 0.05) is 0 Å². The van der Waals surface area contributed by atoms with Gasteiger partial charge in [-0.15, -0.1) is 10.2 Å². The number of nitrogens with one attached hydrogen (secondary N) is 2. The fraction of sp³-hybridized carbons (Fsp3) is 0. The lowest BCUT2D eigenvalue weighted by Gasteiger charge is -1.93. The highest BCUT2D eigenvalue weighted by Crippen LogP contribution is 1.71. The molecule has 6 N–H and O–H groups in total. The minimum Gasteiger partial charge on any atom is -0.364 e. The van der Waals surface area contributed by atoms with Gasteiger partial charge in [-0.1, -0.05) is 10.9 Å². The van der Waals surface area contributed by atoms with Crippen molar-refractivity contribution in [3.63, 3.8) is 0 Å². The topological polar surface area (TPSA) is 187 Å². The van der Waals surface area contributed by atoms with Crippen LogP contribution in [0.4, 0.5) is 0 Å². The van der Waals surface area contributed by atoms with Crippen molar-refractivity contribution in [2.24, 2.45) is 21.7 Å². The van der Waals surface area contributed by atoms with Gasteiger partial charge in [-0.2, -0.15) is 0 Å². The Morgan fingerprint density at radius 2 is 1.29 bits per heavy atom. The van der Waals surface area contributed by atoms with E-state index < -0.39 is 22.0 Å². The normalized spacial score (nSPS) is 12.0. The molecule has 0 radical (unpaired) electrons. The summed E-state index contributed by atoms with van der Waals surface area (Å²) in [6, 6.07) is 0. The quantitative estimate of drug-likeness (QED) is 0.163. The van der Waals surface area contributed by atoms with E-state index in [-0.39, 0.29) is 0 Å². The van der Waals surface area contributed by atoms with Gasteiger partial charge in [0.05, 0.1) is 0 Å². The lowest BCUT2D eigenvalue weighted by Crippen LogP contribution is -2.38. The summed E-state index contributed by atoms with van der Waals surface area (Å²) in [4.78, 5) is 19.5. The molecule has 0 aromatic carbocycles. The molecule has 0 aliphatic carbocycles. The summed E-state index contributed by atoms with van der Waals surface area (Å²) >= 11 is 0. The summed E-state index contributed by atoms with van der Waals surface area (Å²) in [6.07, 6.45) is 0. The van der Waals surface area contributed by atoms with Crippen LogP contribution in [0.2, 0.25) is 0 Å². The molecule has 0 spiro atoms. The summed E-state index contributed by atoms with van der Waals surface area (Å²) in [5.74, 6) is -1.33. The van der Waals surface area contributed by atoms with Crippen LogP contribution in [0.3, 0.4) is 0 Å². The van der Waals surface area contributed by atoms with Crippen LogP contribution in [0.5, 0.6) is 0 Å². The van der Waals surface area contributed by atoms with Gasteiger partial charge in [-0.3, -0.25) is 0 Å². The Morgan fingerprint density at radius 1 is 1.00 bits per heavy atom. The maximum atomic E-state index is 9.76. The fourth-order valence-corrected chi connectivity index (χ4v) is 0.340. The maximum absolute atomic E-state index is 9.76. The van der Waals surface area contributed by atoms with Gasteiger partial charge in [0.25, 0.3) is 11.9 Å². The summed E-state index contributed by atoms with van der Waals surface area (Å²) in [6.45, 7) is 0. The Balaban J connectivity index is 4.23. The maximum Gasteiger partial charge on any atom is 0.275 e. The third-order valence-electron chi connectivity index (χ3n) is 0.677. The molecule has 0 aromatic heterocycles. The molecule has 0 unspecified atom stereocenters. The number of nitrogens with two attached hydrogens (primary N) is 2. The zero-order valence-corrected chi connectivity index (χ0v) is 6.58. The molecule has 0 fully saturated rings. The number of hydrogen-bond acceptors (Lipinski definition) is 6. The zero-order valence-electron chi connectivity index (χ0n) is 6.58. The molecule has 0 bridgehead atoms. The number of nitrogens with zero attached hydrogens (tertiary/aromatic N) is 4. The molecule has 0 aliphatic rings. The van der Waals surface area contributed by atoms with Crippen LogP contribution in [0.1, 0.15) is 0 Å². The van der Waals surface area contributed by atoms with E-state index in [0.29, 0.717) is 0 Å². The minimum absolute atomic E-state index is 0.664. The second-order valence-corrected chi connectivity index (χ2v) is 1.71. The molecule has 0 saturated carbocycles. The van der Waals surface area contributed by atoms with Gasteiger partial charge in [0.2, 0.25) is 0 Å². The molecular formula is C2H6N8O4. The molecule has 78 valence electrons. The lowest BCUT2D eigenvalue weighted by atomic mass is 11.0.